The van der Waals surface area contributed by atoms with Gasteiger partial charge in [-0.25, -0.2) is 9.37 Å². The topological polar surface area (TPSA) is 55.1 Å². The number of rotatable bonds is 6. The lowest BCUT2D eigenvalue weighted by atomic mass is 10.2. The van der Waals surface area contributed by atoms with Gasteiger partial charge >= 0.3 is 0 Å². The Bertz CT molecular complexity index is 857. The molecule has 0 fully saturated rings. The molecule has 0 saturated heterocycles. The van der Waals surface area contributed by atoms with E-state index in [1.165, 1.54) is 6.07 Å². The summed E-state index contributed by atoms with van der Waals surface area (Å²) in [6.07, 6.45) is 3.51. The van der Waals surface area contributed by atoms with Crippen molar-refractivity contribution in [3.63, 3.8) is 0 Å². The second-order valence-electron chi connectivity index (χ2n) is 5.69. The largest absolute Gasteiger partial charge is 0.436 e. The average Bonchev–Trinajstić information content (AvgIpc) is 2.98. The number of nitrogens with one attached hydrogen (secondary N) is 1. The minimum Gasteiger partial charge on any atom is -0.436 e. The van der Waals surface area contributed by atoms with E-state index in [-0.39, 0.29) is 17.6 Å². The molecule has 1 N–H and O–H groups in total. The number of aromatic nitrogens is 1. The zero-order valence-corrected chi connectivity index (χ0v) is 13.5. The molecule has 3 aromatic rings. The van der Waals surface area contributed by atoms with Gasteiger partial charge in [0, 0.05) is 12.1 Å². The molecule has 24 heavy (non-hydrogen) atoms. The summed E-state index contributed by atoms with van der Waals surface area (Å²) in [4.78, 5) is 16.2. The van der Waals surface area contributed by atoms with Gasteiger partial charge in [-0.3, -0.25) is 4.79 Å². The van der Waals surface area contributed by atoms with Crippen molar-refractivity contribution < 1.29 is 13.6 Å². The van der Waals surface area contributed by atoms with Crippen molar-refractivity contribution in [2.24, 2.45) is 0 Å². The minimum atomic E-state index is -0.381. The van der Waals surface area contributed by atoms with Gasteiger partial charge in [0.1, 0.15) is 11.3 Å². The van der Waals surface area contributed by atoms with Gasteiger partial charge < -0.3 is 9.73 Å². The summed E-state index contributed by atoms with van der Waals surface area (Å²) < 4.78 is 19.5. The van der Waals surface area contributed by atoms with Gasteiger partial charge in [0.25, 0.3) is 0 Å². The van der Waals surface area contributed by atoms with Crippen molar-refractivity contribution in [2.45, 2.75) is 32.6 Å². The Morgan fingerprint density at radius 2 is 2.04 bits per heavy atom. The fourth-order valence-electron chi connectivity index (χ4n) is 2.51. The van der Waals surface area contributed by atoms with Gasteiger partial charge in [-0.05, 0) is 36.8 Å². The number of oxazole rings is 1. The maximum Gasteiger partial charge on any atom is 0.230 e. The van der Waals surface area contributed by atoms with Gasteiger partial charge in [-0.2, -0.15) is 0 Å². The van der Waals surface area contributed by atoms with Crippen molar-refractivity contribution in [1.29, 1.82) is 0 Å². The molecule has 0 aliphatic rings. The second-order valence-corrected chi connectivity index (χ2v) is 5.69. The summed E-state index contributed by atoms with van der Waals surface area (Å²) in [7, 11) is 0. The van der Waals surface area contributed by atoms with Crippen LogP contribution in [0.3, 0.4) is 0 Å². The highest BCUT2D eigenvalue weighted by atomic mass is 19.1. The highest BCUT2D eigenvalue weighted by molar-refractivity contribution is 5.93. The van der Waals surface area contributed by atoms with Gasteiger partial charge in [-0.15, -0.1) is 0 Å². The fraction of sp³-hybridized carbons (Fsp3) is 0.263. The van der Waals surface area contributed by atoms with E-state index in [2.05, 4.69) is 17.2 Å². The third-order valence-electron chi connectivity index (χ3n) is 3.78. The molecule has 0 atom stereocenters. The summed E-state index contributed by atoms with van der Waals surface area (Å²) in [6, 6.07) is 11.6. The third kappa shape index (κ3) is 3.62. The first-order chi connectivity index (χ1) is 11.7. The Kier molecular flexibility index (Phi) is 4.89. The van der Waals surface area contributed by atoms with E-state index in [9.17, 15) is 9.18 Å². The average molecular weight is 326 g/mol. The number of nitrogens with zero attached hydrogens (tertiary/aromatic N) is 1. The lowest BCUT2D eigenvalue weighted by Crippen LogP contribution is -2.10. The Morgan fingerprint density at radius 3 is 2.83 bits per heavy atom. The Morgan fingerprint density at radius 1 is 1.21 bits per heavy atom. The van der Waals surface area contributed by atoms with Crippen molar-refractivity contribution in [3.8, 4) is 11.5 Å². The lowest BCUT2D eigenvalue weighted by Gasteiger charge is -2.04. The van der Waals surface area contributed by atoms with Crippen LogP contribution in [0.1, 0.15) is 32.6 Å². The number of unbranched alkanes of at least 4 members (excludes halogenated alkanes) is 2. The van der Waals surface area contributed by atoms with Crippen LogP contribution >= 0.6 is 0 Å². The fourth-order valence-corrected chi connectivity index (χ4v) is 2.51. The molecule has 2 aromatic carbocycles. The standard InChI is InChI=1S/C19H19FN2O2/c1-2-3-4-9-18(23)21-13-10-11-17-16(12-13)22-19(24-17)14-7-5-6-8-15(14)20/h5-8,10-12H,2-4,9H2,1H3,(H,21,23). The number of carbonyl (C=O) groups is 1. The maximum absolute atomic E-state index is 13.8. The number of halogens is 1. The van der Waals surface area contributed by atoms with Crippen LogP contribution in [-0.4, -0.2) is 10.9 Å². The summed E-state index contributed by atoms with van der Waals surface area (Å²) in [6.45, 7) is 2.10. The Balaban J connectivity index is 1.79. The molecule has 3 rings (SSSR count). The van der Waals surface area contributed by atoms with Crippen LogP contribution in [0.5, 0.6) is 0 Å². The smallest absolute Gasteiger partial charge is 0.230 e. The molecule has 1 aromatic heterocycles. The summed E-state index contributed by atoms with van der Waals surface area (Å²) >= 11 is 0. The van der Waals surface area contributed by atoms with Crippen LogP contribution in [-0.2, 0) is 4.79 Å². The van der Waals surface area contributed by atoms with Crippen LogP contribution in [0.4, 0.5) is 10.1 Å². The second kappa shape index (κ2) is 7.25. The first-order valence-electron chi connectivity index (χ1n) is 8.12. The van der Waals surface area contributed by atoms with Crippen LogP contribution in [0, 0.1) is 5.82 Å². The summed E-state index contributed by atoms with van der Waals surface area (Å²) in [5.74, 6) is -0.163. The Labute approximate surface area is 139 Å². The Hall–Kier alpha value is -2.69. The number of carbonyl (C=O) groups excluding carboxylic acids is 1. The predicted octanol–water partition coefficient (Wildman–Crippen LogP) is 5.15. The molecule has 0 saturated carbocycles. The number of hydrogen-bond donors (Lipinski definition) is 1. The van der Waals surface area contributed by atoms with Gasteiger partial charge in [-0.1, -0.05) is 31.9 Å². The van der Waals surface area contributed by atoms with Gasteiger partial charge in [0.15, 0.2) is 5.58 Å². The van der Waals surface area contributed by atoms with E-state index in [0.717, 1.165) is 19.3 Å². The highest BCUT2D eigenvalue weighted by Gasteiger charge is 2.12. The van der Waals surface area contributed by atoms with Gasteiger partial charge in [0.2, 0.25) is 11.8 Å². The normalized spacial score (nSPS) is 10.9. The molecule has 0 aliphatic heterocycles. The van der Waals surface area contributed by atoms with E-state index in [4.69, 9.17) is 4.42 Å². The van der Waals surface area contributed by atoms with Crippen LogP contribution in [0.15, 0.2) is 46.9 Å². The van der Waals surface area contributed by atoms with Crippen molar-refractivity contribution >= 4 is 22.7 Å². The molecule has 0 spiro atoms. The number of anilines is 1. The zero-order chi connectivity index (χ0) is 16.9. The molecule has 0 aliphatic carbocycles. The number of hydrogen-bond acceptors (Lipinski definition) is 3. The van der Waals surface area contributed by atoms with E-state index < -0.39 is 0 Å². The van der Waals surface area contributed by atoms with Gasteiger partial charge in [0.05, 0.1) is 5.56 Å². The quantitative estimate of drug-likeness (QED) is 0.637. The van der Waals surface area contributed by atoms with Crippen LogP contribution in [0.25, 0.3) is 22.6 Å². The minimum absolute atomic E-state index is 0.0133. The molecule has 1 amide bonds. The van der Waals surface area contributed by atoms with Crippen molar-refractivity contribution in [1.82, 2.24) is 4.98 Å². The molecule has 1 heterocycles. The first kappa shape index (κ1) is 16.2. The predicted molar refractivity (Wildman–Crippen MR) is 92.2 cm³/mol. The molecule has 0 unspecified atom stereocenters. The van der Waals surface area contributed by atoms with Crippen LogP contribution < -0.4 is 5.32 Å². The van der Waals surface area contributed by atoms with Crippen LogP contribution in [0.2, 0.25) is 0 Å². The number of benzene rings is 2. The van der Waals surface area contributed by atoms with E-state index in [1.54, 1.807) is 36.4 Å². The SMILES string of the molecule is CCCCCC(=O)Nc1ccc2oc(-c3ccccc3F)nc2c1. The molecular formula is C19H19FN2O2. The molecule has 4 nitrogen and oxygen atoms in total. The maximum atomic E-state index is 13.8. The third-order valence-corrected chi connectivity index (χ3v) is 3.78. The molecular weight excluding hydrogens is 307 g/mol. The summed E-state index contributed by atoms with van der Waals surface area (Å²) in [5.41, 5.74) is 2.12. The molecule has 0 bridgehead atoms. The number of amides is 1. The first-order valence-corrected chi connectivity index (χ1v) is 8.12. The number of fused-ring (bicyclic) bond motifs is 1. The highest BCUT2D eigenvalue weighted by Crippen LogP contribution is 2.27. The van der Waals surface area contributed by atoms with E-state index >= 15 is 0 Å². The monoisotopic (exact) mass is 326 g/mol. The molecule has 0 radical (unpaired) electrons. The molecule has 124 valence electrons. The zero-order valence-electron chi connectivity index (χ0n) is 13.5. The van der Waals surface area contributed by atoms with Crippen molar-refractivity contribution in [3.05, 3.63) is 48.3 Å². The van der Waals surface area contributed by atoms with E-state index in [0.29, 0.717) is 28.8 Å². The lowest BCUT2D eigenvalue weighted by molar-refractivity contribution is -0.116. The summed E-state index contributed by atoms with van der Waals surface area (Å²) in [5, 5.41) is 2.86. The van der Waals surface area contributed by atoms with E-state index in [1.807, 2.05) is 0 Å². The van der Waals surface area contributed by atoms with Crippen molar-refractivity contribution in [2.75, 3.05) is 5.32 Å². The molecule has 5 heteroatoms.